The molecular weight excluding hydrogens is 318 g/mol. The molecule has 0 spiro atoms. The Morgan fingerprint density at radius 1 is 1.35 bits per heavy atom. The number of esters is 1. The van der Waals surface area contributed by atoms with Gasteiger partial charge in [-0.2, -0.15) is 4.98 Å². The van der Waals surface area contributed by atoms with E-state index in [1.165, 1.54) is 29.7 Å². The minimum absolute atomic E-state index is 0.0396. The number of carbonyl (C=O) groups excluding carboxylic acids is 1. The number of rotatable bonds is 5. The Morgan fingerprint density at radius 3 is 3.00 bits per heavy atom. The first kappa shape index (κ1) is 15.9. The van der Waals surface area contributed by atoms with Crippen molar-refractivity contribution in [3.8, 4) is 0 Å². The van der Waals surface area contributed by atoms with Crippen molar-refractivity contribution in [2.75, 3.05) is 7.11 Å². The van der Waals surface area contributed by atoms with Crippen molar-refractivity contribution in [1.82, 2.24) is 14.7 Å². The summed E-state index contributed by atoms with van der Waals surface area (Å²) >= 11 is 1.33. The van der Waals surface area contributed by atoms with Crippen LogP contribution in [0.5, 0.6) is 0 Å². The number of methoxy groups -OCH3 is 1. The summed E-state index contributed by atoms with van der Waals surface area (Å²) in [6.45, 7) is 0.326. The Labute approximate surface area is 137 Å². The maximum atomic E-state index is 12.2. The average Bonchev–Trinajstić information content (AvgIpc) is 3.03. The van der Waals surface area contributed by atoms with E-state index in [1.54, 1.807) is 4.57 Å². The molecule has 1 aliphatic rings. The zero-order valence-corrected chi connectivity index (χ0v) is 13.9. The monoisotopic (exact) mass is 337 g/mol. The lowest BCUT2D eigenvalue weighted by Crippen LogP contribution is -2.17. The molecular formula is C15H19N3O4S. The molecule has 2 aromatic rings. The summed E-state index contributed by atoms with van der Waals surface area (Å²) in [5.74, 6) is 0.542. The molecule has 0 saturated heterocycles. The molecule has 0 amide bonds. The van der Waals surface area contributed by atoms with Crippen LogP contribution in [0.1, 0.15) is 48.0 Å². The molecule has 2 aromatic heterocycles. The van der Waals surface area contributed by atoms with E-state index in [0.29, 0.717) is 24.7 Å². The topological polar surface area (TPSA) is 87.2 Å². The maximum Gasteiger partial charge on any atom is 0.307 e. The van der Waals surface area contributed by atoms with Crippen molar-refractivity contribution in [3.05, 3.63) is 32.0 Å². The second-order valence-corrected chi connectivity index (χ2v) is 6.61. The average molecular weight is 337 g/mol. The fraction of sp³-hybridized carbons (Fsp3) is 0.600. The molecule has 1 aliphatic carbocycles. The Hall–Kier alpha value is -1.96. The lowest BCUT2D eigenvalue weighted by Gasteiger charge is -2.04. The quantitative estimate of drug-likeness (QED) is 0.610. The summed E-state index contributed by atoms with van der Waals surface area (Å²) in [5, 5.41) is 3.91. The van der Waals surface area contributed by atoms with Crippen LogP contribution in [0.3, 0.4) is 0 Å². The second kappa shape index (κ2) is 7.08. The van der Waals surface area contributed by atoms with Crippen LogP contribution in [-0.4, -0.2) is 27.8 Å². The first-order valence-corrected chi connectivity index (χ1v) is 8.58. The third-order valence-corrected chi connectivity index (χ3v) is 5.06. The minimum Gasteiger partial charge on any atom is -0.469 e. The van der Waals surface area contributed by atoms with Gasteiger partial charge in [0.05, 0.1) is 20.1 Å². The van der Waals surface area contributed by atoms with E-state index < -0.39 is 0 Å². The van der Waals surface area contributed by atoms with Gasteiger partial charge in [0, 0.05) is 17.0 Å². The molecule has 0 N–H and O–H groups in total. The third-order valence-electron chi connectivity index (χ3n) is 3.98. The van der Waals surface area contributed by atoms with Crippen molar-refractivity contribution >= 4 is 17.3 Å². The van der Waals surface area contributed by atoms with Gasteiger partial charge < -0.3 is 9.26 Å². The predicted octanol–water partition coefficient (Wildman–Crippen LogP) is 1.72. The summed E-state index contributed by atoms with van der Waals surface area (Å²) in [7, 11) is 1.34. The van der Waals surface area contributed by atoms with Gasteiger partial charge in [-0.1, -0.05) is 22.9 Å². The second-order valence-electron chi connectivity index (χ2n) is 5.57. The molecule has 124 valence electrons. The normalized spacial score (nSPS) is 14.3. The van der Waals surface area contributed by atoms with Gasteiger partial charge in [-0.25, -0.2) is 0 Å². The number of hydrogen-bond acceptors (Lipinski definition) is 7. The molecule has 8 heteroatoms. The van der Waals surface area contributed by atoms with Crippen LogP contribution in [0, 0.1) is 0 Å². The largest absolute Gasteiger partial charge is 0.469 e. The molecule has 0 bridgehead atoms. The molecule has 0 unspecified atom stereocenters. The van der Waals surface area contributed by atoms with Gasteiger partial charge >= 0.3 is 10.8 Å². The SMILES string of the molecule is COC(=O)CCc1nc(Cn2c3c(sc2=O)CCCCC3)no1. The van der Waals surface area contributed by atoms with Crippen LogP contribution >= 0.6 is 11.3 Å². The molecule has 7 nitrogen and oxygen atoms in total. The smallest absolute Gasteiger partial charge is 0.307 e. The number of nitrogens with zero attached hydrogens (tertiary/aromatic N) is 3. The van der Waals surface area contributed by atoms with Gasteiger partial charge in [0.25, 0.3) is 0 Å². The van der Waals surface area contributed by atoms with E-state index in [1.807, 2.05) is 0 Å². The number of hydrogen-bond donors (Lipinski definition) is 0. The number of ether oxygens (including phenoxy) is 1. The standard InChI is InChI=1S/C15H19N3O4S/c1-21-14(19)8-7-13-16-12(17-22-13)9-18-10-5-3-2-4-6-11(10)23-15(18)20/h2-9H2,1H3. The van der Waals surface area contributed by atoms with Crippen LogP contribution in [0.2, 0.25) is 0 Å². The molecule has 0 aliphatic heterocycles. The van der Waals surface area contributed by atoms with E-state index in [9.17, 15) is 9.59 Å². The van der Waals surface area contributed by atoms with Crippen LogP contribution in [0.15, 0.2) is 9.32 Å². The lowest BCUT2D eigenvalue weighted by atomic mass is 10.2. The molecule has 3 rings (SSSR count). The number of aromatic nitrogens is 3. The summed E-state index contributed by atoms with van der Waals surface area (Å²) in [5.41, 5.74) is 1.12. The zero-order valence-electron chi connectivity index (χ0n) is 13.0. The maximum absolute atomic E-state index is 12.2. The van der Waals surface area contributed by atoms with E-state index in [-0.39, 0.29) is 17.3 Å². The van der Waals surface area contributed by atoms with Crippen molar-refractivity contribution in [2.45, 2.75) is 51.5 Å². The van der Waals surface area contributed by atoms with Gasteiger partial charge in [0.15, 0.2) is 5.82 Å². The van der Waals surface area contributed by atoms with Crippen molar-refractivity contribution in [3.63, 3.8) is 0 Å². The number of thiazole rings is 1. The van der Waals surface area contributed by atoms with E-state index in [2.05, 4.69) is 14.9 Å². The number of fused-ring (bicyclic) bond motifs is 1. The zero-order chi connectivity index (χ0) is 16.2. The Morgan fingerprint density at radius 2 is 2.17 bits per heavy atom. The highest BCUT2D eigenvalue weighted by Crippen LogP contribution is 2.23. The van der Waals surface area contributed by atoms with Crippen LogP contribution in [0.4, 0.5) is 0 Å². The first-order chi connectivity index (χ1) is 11.2. The van der Waals surface area contributed by atoms with E-state index in [4.69, 9.17) is 4.52 Å². The fourth-order valence-corrected chi connectivity index (χ4v) is 3.85. The Balaban J connectivity index is 1.73. The highest BCUT2D eigenvalue weighted by molar-refractivity contribution is 7.09. The van der Waals surface area contributed by atoms with Crippen LogP contribution in [-0.2, 0) is 35.3 Å². The highest BCUT2D eigenvalue weighted by atomic mass is 32.1. The summed E-state index contributed by atoms with van der Waals surface area (Å²) in [4.78, 5) is 28.8. The molecule has 0 aromatic carbocycles. The summed E-state index contributed by atoms with van der Waals surface area (Å²) in [6.07, 6.45) is 5.92. The fourth-order valence-electron chi connectivity index (χ4n) is 2.77. The van der Waals surface area contributed by atoms with E-state index in [0.717, 1.165) is 31.4 Å². The van der Waals surface area contributed by atoms with Gasteiger partial charge in [0.1, 0.15) is 0 Å². The van der Waals surface area contributed by atoms with Gasteiger partial charge in [-0.05, 0) is 25.7 Å². The molecule has 0 atom stereocenters. The first-order valence-electron chi connectivity index (χ1n) is 7.77. The molecule has 0 fully saturated rings. The van der Waals surface area contributed by atoms with Crippen molar-refractivity contribution in [2.24, 2.45) is 0 Å². The van der Waals surface area contributed by atoms with Crippen molar-refractivity contribution in [1.29, 1.82) is 0 Å². The van der Waals surface area contributed by atoms with Gasteiger partial charge in [-0.3, -0.25) is 14.2 Å². The number of carbonyl (C=O) groups is 1. The molecule has 0 radical (unpaired) electrons. The van der Waals surface area contributed by atoms with Gasteiger partial charge in [-0.15, -0.1) is 0 Å². The minimum atomic E-state index is -0.316. The summed E-state index contributed by atoms with van der Waals surface area (Å²) < 4.78 is 11.5. The Kier molecular flexibility index (Phi) is 4.90. The molecule has 23 heavy (non-hydrogen) atoms. The third kappa shape index (κ3) is 3.69. The summed E-state index contributed by atoms with van der Waals surface area (Å²) in [6, 6.07) is 0. The van der Waals surface area contributed by atoms with Crippen molar-refractivity contribution < 1.29 is 14.1 Å². The lowest BCUT2D eigenvalue weighted by molar-refractivity contribution is -0.140. The molecule has 0 saturated carbocycles. The van der Waals surface area contributed by atoms with E-state index >= 15 is 0 Å². The highest BCUT2D eigenvalue weighted by Gasteiger charge is 2.19. The Bertz CT molecular complexity index is 746. The van der Waals surface area contributed by atoms with Gasteiger partial charge in [0.2, 0.25) is 5.89 Å². The number of aryl methyl sites for hydroxylation is 2. The van der Waals surface area contributed by atoms with Crippen LogP contribution in [0.25, 0.3) is 0 Å². The molecule has 2 heterocycles. The predicted molar refractivity (Wildman–Crippen MR) is 83.6 cm³/mol. The van der Waals surface area contributed by atoms with Crippen LogP contribution < -0.4 is 4.87 Å².